The first-order valence-electron chi connectivity index (χ1n) is 4.84. The minimum atomic E-state index is -4.30. The van der Waals surface area contributed by atoms with Crippen molar-refractivity contribution < 1.29 is 12.3 Å². The molecule has 1 fully saturated rings. The lowest BCUT2D eigenvalue weighted by Crippen LogP contribution is -2.20. The Morgan fingerprint density at radius 1 is 1.31 bits per heavy atom. The van der Waals surface area contributed by atoms with Gasteiger partial charge in [-0.3, -0.25) is 0 Å². The molecule has 1 aliphatic rings. The van der Waals surface area contributed by atoms with Crippen LogP contribution in [-0.2, 0) is 10.2 Å². The third kappa shape index (κ3) is 3.63. The van der Waals surface area contributed by atoms with Crippen LogP contribution in [0.2, 0.25) is 0 Å². The molecule has 0 aliphatic heterocycles. The van der Waals surface area contributed by atoms with Gasteiger partial charge in [0.05, 0.1) is 5.25 Å². The monoisotopic (exact) mass is 208 g/mol. The molecule has 0 bridgehead atoms. The molecule has 4 heteroatoms. The maximum absolute atomic E-state index is 12.8. The number of halogens is 1. The Morgan fingerprint density at radius 3 is 2.15 bits per heavy atom. The molecule has 1 saturated carbocycles. The standard InChI is InChI=1S/C9H17FO2S/c1-7(2)3-6-9(8-4-5-8)13(10,11)12/h7-9H,3-6H2,1-2H3. The average Bonchev–Trinajstić information content (AvgIpc) is 2.67. The van der Waals surface area contributed by atoms with Gasteiger partial charge in [-0.2, -0.15) is 8.42 Å². The summed E-state index contributed by atoms with van der Waals surface area (Å²) in [5.41, 5.74) is 0. The fraction of sp³-hybridized carbons (Fsp3) is 1.00. The second-order valence-corrected chi connectivity index (χ2v) is 5.88. The van der Waals surface area contributed by atoms with Crippen LogP contribution in [0.1, 0.15) is 39.5 Å². The second-order valence-electron chi connectivity index (χ2n) is 4.32. The van der Waals surface area contributed by atoms with Gasteiger partial charge in [-0.25, -0.2) is 0 Å². The Hall–Kier alpha value is -0.120. The summed E-state index contributed by atoms with van der Waals surface area (Å²) in [5, 5.41) is -0.713. The maximum Gasteiger partial charge on any atom is 0.305 e. The third-order valence-electron chi connectivity index (χ3n) is 2.54. The lowest BCUT2D eigenvalue weighted by molar-refractivity contribution is 0.478. The topological polar surface area (TPSA) is 34.1 Å². The second kappa shape index (κ2) is 3.95. The number of rotatable bonds is 5. The van der Waals surface area contributed by atoms with Gasteiger partial charge in [0.2, 0.25) is 0 Å². The van der Waals surface area contributed by atoms with E-state index >= 15 is 0 Å². The van der Waals surface area contributed by atoms with Crippen LogP contribution in [0, 0.1) is 11.8 Å². The molecule has 0 radical (unpaired) electrons. The molecular formula is C9H17FO2S. The van der Waals surface area contributed by atoms with E-state index in [0.29, 0.717) is 12.3 Å². The molecule has 2 nitrogen and oxygen atoms in total. The first kappa shape index (κ1) is 11.0. The molecule has 1 unspecified atom stereocenters. The molecule has 0 heterocycles. The van der Waals surface area contributed by atoms with E-state index in [1.54, 1.807) is 0 Å². The number of hydrogen-bond acceptors (Lipinski definition) is 2. The van der Waals surface area contributed by atoms with Gasteiger partial charge in [-0.05, 0) is 37.5 Å². The van der Waals surface area contributed by atoms with Crippen LogP contribution in [0.25, 0.3) is 0 Å². The van der Waals surface area contributed by atoms with Gasteiger partial charge in [-0.15, -0.1) is 3.89 Å². The Bertz CT molecular complexity index is 255. The normalized spacial score (nSPS) is 20.6. The van der Waals surface area contributed by atoms with Crippen LogP contribution in [0.5, 0.6) is 0 Å². The van der Waals surface area contributed by atoms with Crippen LogP contribution in [-0.4, -0.2) is 13.7 Å². The molecule has 0 aromatic rings. The first-order valence-corrected chi connectivity index (χ1v) is 6.29. The first-order chi connectivity index (χ1) is 5.91. The molecule has 1 atom stereocenters. The molecule has 0 amide bonds. The van der Waals surface area contributed by atoms with Crippen LogP contribution in [0.4, 0.5) is 3.89 Å². The zero-order valence-electron chi connectivity index (χ0n) is 8.16. The minimum Gasteiger partial charge on any atom is -0.195 e. The molecule has 0 saturated heterocycles. The Labute approximate surface area is 79.7 Å². The summed E-state index contributed by atoms with van der Waals surface area (Å²) < 4.78 is 34.3. The van der Waals surface area contributed by atoms with E-state index in [4.69, 9.17) is 0 Å². The largest absolute Gasteiger partial charge is 0.305 e. The lowest BCUT2D eigenvalue weighted by Gasteiger charge is -2.12. The summed E-state index contributed by atoms with van der Waals surface area (Å²) in [7, 11) is -4.30. The van der Waals surface area contributed by atoms with Gasteiger partial charge < -0.3 is 0 Å². The summed E-state index contributed by atoms with van der Waals surface area (Å²) in [6, 6.07) is 0. The quantitative estimate of drug-likeness (QED) is 0.650. The van der Waals surface area contributed by atoms with Crippen molar-refractivity contribution in [2.45, 2.75) is 44.8 Å². The van der Waals surface area contributed by atoms with Gasteiger partial charge in [0, 0.05) is 0 Å². The van der Waals surface area contributed by atoms with E-state index in [2.05, 4.69) is 0 Å². The lowest BCUT2D eigenvalue weighted by atomic mass is 10.0. The van der Waals surface area contributed by atoms with Crippen molar-refractivity contribution in [1.82, 2.24) is 0 Å². The van der Waals surface area contributed by atoms with E-state index in [1.807, 2.05) is 13.8 Å². The fourth-order valence-corrected chi connectivity index (χ4v) is 2.72. The van der Waals surface area contributed by atoms with E-state index in [0.717, 1.165) is 19.3 Å². The Balaban J connectivity index is 2.49. The van der Waals surface area contributed by atoms with Crippen molar-refractivity contribution in [3.8, 4) is 0 Å². The molecule has 1 rings (SSSR count). The molecule has 0 N–H and O–H groups in total. The van der Waals surface area contributed by atoms with Crippen LogP contribution >= 0.6 is 0 Å². The highest BCUT2D eigenvalue weighted by Crippen LogP contribution is 2.39. The van der Waals surface area contributed by atoms with Crippen LogP contribution in [0.15, 0.2) is 0 Å². The van der Waals surface area contributed by atoms with E-state index in [9.17, 15) is 12.3 Å². The van der Waals surface area contributed by atoms with E-state index in [-0.39, 0.29) is 5.92 Å². The highest BCUT2D eigenvalue weighted by molar-refractivity contribution is 7.87. The van der Waals surface area contributed by atoms with Crippen molar-refractivity contribution in [1.29, 1.82) is 0 Å². The van der Waals surface area contributed by atoms with Gasteiger partial charge in [0.25, 0.3) is 0 Å². The number of hydrogen-bond donors (Lipinski definition) is 0. The van der Waals surface area contributed by atoms with Crippen molar-refractivity contribution >= 4 is 10.2 Å². The van der Waals surface area contributed by atoms with Gasteiger partial charge in [0.1, 0.15) is 0 Å². The predicted octanol–water partition coefficient (Wildman–Crippen LogP) is 2.50. The molecule has 0 aromatic carbocycles. The highest BCUT2D eigenvalue weighted by atomic mass is 32.3. The summed E-state index contributed by atoms with van der Waals surface area (Å²) >= 11 is 0. The Morgan fingerprint density at radius 2 is 1.85 bits per heavy atom. The van der Waals surface area contributed by atoms with Crippen molar-refractivity contribution in [3.63, 3.8) is 0 Å². The smallest absolute Gasteiger partial charge is 0.195 e. The molecule has 0 aromatic heterocycles. The molecule has 1 aliphatic carbocycles. The van der Waals surface area contributed by atoms with Crippen molar-refractivity contribution in [3.05, 3.63) is 0 Å². The summed E-state index contributed by atoms with van der Waals surface area (Å²) in [6.45, 7) is 4.05. The van der Waals surface area contributed by atoms with Crippen LogP contribution in [0.3, 0.4) is 0 Å². The predicted molar refractivity (Wildman–Crippen MR) is 50.6 cm³/mol. The molecule has 13 heavy (non-hydrogen) atoms. The zero-order chi connectivity index (χ0) is 10.1. The molecule has 0 spiro atoms. The maximum atomic E-state index is 12.8. The average molecular weight is 208 g/mol. The van der Waals surface area contributed by atoms with Gasteiger partial charge in [-0.1, -0.05) is 13.8 Å². The van der Waals surface area contributed by atoms with Crippen molar-refractivity contribution in [2.75, 3.05) is 0 Å². The van der Waals surface area contributed by atoms with Crippen LogP contribution < -0.4 is 0 Å². The van der Waals surface area contributed by atoms with E-state index in [1.165, 1.54) is 0 Å². The summed E-state index contributed by atoms with van der Waals surface area (Å²) in [5.74, 6) is 0.553. The van der Waals surface area contributed by atoms with Gasteiger partial charge >= 0.3 is 10.2 Å². The fourth-order valence-electron chi connectivity index (χ4n) is 1.57. The van der Waals surface area contributed by atoms with E-state index < -0.39 is 15.5 Å². The summed E-state index contributed by atoms with van der Waals surface area (Å²) in [4.78, 5) is 0. The molecular weight excluding hydrogens is 191 g/mol. The third-order valence-corrected chi connectivity index (χ3v) is 3.88. The molecule has 78 valence electrons. The summed E-state index contributed by atoms with van der Waals surface area (Å²) in [6.07, 6.45) is 3.04. The Kier molecular flexibility index (Phi) is 3.33. The zero-order valence-corrected chi connectivity index (χ0v) is 8.98. The van der Waals surface area contributed by atoms with Gasteiger partial charge in [0.15, 0.2) is 0 Å². The SMILES string of the molecule is CC(C)CCC(C1CC1)S(=O)(=O)F. The highest BCUT2D eigenvalue weighted by Gasteiger charge is 2.39. The van der Waals surface area contributed by atoms with Crippen molar-refractivity contribution in [2.24, 2.45) is 11.8 Å². The minimum absolute atomic E-state index is 0.105.